The maximum Gasteiger partial charge on any atom is 0.0696 e. The zero-order valence-corrected chi connectivity index (χ0v) is 11.2. The van der Waals surface area contributed by atoms with E-state index in [1.807, 2.05) is 0 Å². The van der Waals surface area contributed by atoms with E-state index in [2.05, 4.69) is 11.9 Å². The Morgan fingerprint density at radius 2 is 2.38 bits per heavy atom. The molecule has 0 amide bonds. The minimum atomic E-state index is 0.0951. The van der Waals surface area contributed by atoms with E-state index in [1.54, 1.807) is 7.11 Å². The van der Waals surface area contributed by atoms with E-state index in [4.69, 9.17) is 21.1 Å². The highest BCUT2D eigenvalue weighted by Crippen LogP contribution is 2.16. The first-order valence-electron chi connectivity index (χ1n) is 6.15. The summed E-state index contributed by atoms with van der Waals surface area (Å²) in [7, 11) is 3.80. The van der Waals surface area contributed by atoms with E-state index < -0.39 is 0 Å². The molecular formula is C12H24ClNO2. The summed E-state index contributed by atoms with van der Waals surface area (Å²) in [6.45, 7) is 3.56. The summed E-state index contributed by atoms with van der Waals surface area (Å²) in [5, 5.41) is 0.0951. The third kappa shape index (κ3) is 6.04. The van der Waals surface area contributed by atoms with Crippen molar-refractivity contribution in [2.45, 2.75) is 37.2 Å². The average Bonchev–Trinajstić information content (AvgIpc) is 2.70. The quantitative estimate of drug-likeness (QED) is 0.616. The van der Waals surface area contributed by atoms with Crippen molar-refractivity contribution in [3.63, 3.8) is 0 Å². The van der Waals surface area contributed by atoms with Gasteiger partial charge in [-0.1, -0.05) is 0 Å². The largest absolute Gasteiger partial charge is 0.383 e. The molecule has 0 aliphatic carbocycles. The maximum atomic E-state index is 6.09. The second-order valence-corrected chi connectivity index (χ2v) is 5.21. The van der Waals surface area contributed by atoms with Gasteiger partial charge in [-0.2, -0.15) is 0 Å². The zero-order valence-electron chi connectivity index (χ0n) is 10.5. The van der Waals surface area contributed by atoms with Crippen molar-refractivity contribution in [1.29, 1.82) is 0 Å². The van der Waals surface area contributed by atoms with Crippen LogP contribution in [0.25, 0.3) is 0 Å². The van der Waals surface area contributed by atoms with Crippen LogP contribution < -0.4 is 0 Å². The Hall–Kier alpha value is 0.170. The lowest BCUT2D eigenvalue weighted by atomic mass is 10.1. The summed E-state index contributed by atoms with van der Waals surface area (Å²) < 4.78 is 10.6. The minimum Gasteiger partial charge on any atom is -0.383 e. The summed E-state index contributed by atoms with van der Waals surface area (Å²) in [5.74, 6) is 0. The number of alkyl halides is 1. The van der Waals surface area contributed by atoms with Gasteiger partial charge in [0.15, 0.2) is 0 Å². The molecule has 0 aromatic rings. The van der Waals surface area contributed by atoms with Gasteiger partial charge in [0, 0.05) is 20.3 Å². The smallest absolute Gasteiger partial charge is 0.0696 e. The van der Waals surface area contributed by atoms with Crippen molar-refractivity contribution in [2.24, 2.45) is 0 Å². The fourth-order valence-electron chi connectivity index (χ4n) is 2.12. The molecule has 1 heterocycles. The third-order valence-electron chi connectivity index (χ3n) is 2.95. The second kappa shape index (κ2) is 8.29. The Labute approximate surface area is 104 Å². The molecule has 0 N–H and O–H groups in total. The highest BCUT2D eigenvalue weighted by Gasteiger charge is 2.15. The first kappa shape index (κ1) is 14.2. The number of methoxy groups -OCH3 is 1. The fourth-order valence-corrected chi connectivity index (χ4v) is 2.49. The molecule has 0 radical (unpaired) electrons. The van der Waals surface area contributed by atoms with E-state index in [-0.39, 0.29) is 5.38 Å². The lowest BCUT2D eigenvalue weighted by Gasteiger charge is -2.20. The second-order valence-electron chi connectivity index (χ2n) is 4.59. The summed E-state index contributed by atoms with van der Waals surface area (Å²) in [6.07, 6.45) is 5.36. The Balaban J connectivity index is 1.98. The molecule has 0 aromatic heterocycles. The molecule has 3 nitrogen and oxygen atoms in total. The van der Waals surface area contributed by atoms with Gasteiger partial charge in [0.2, 0.25) is 0 Å². The molecule has 1 aliphatic rings. The molecule has 1 saturated heterocycles. The van der Waals surface area contributed by atoms with Crippen LogP contribution in [0.1, 0.15) is 25.7 Å². The van der Waals surface area contributed by atoms with E-state index >= 15 is 0 Å². The fraction of sp³-hybridized carbons (Fsp3) is 1.00. The molecule has 96 valence electrons. The maximum absolute atomic E-state index is 6.09. The van der Waals surface area contributed by atoms with E-state index in [0.717, 1.165) is 19.7 Å². The predicted molar refractivity (Wildman–Crippen MR) is 67.2 cm³/mol. The number of hydrogen-bond donors (Lipinski definition) is 0. The van der Waals surface area contributed by atoms with Crippen LogP contribution in [0.3, 0.4) is 0 Å². The van der Waals surface area contributed by atoms with Crippen LogP contribution in [-0.2, 0) is 9.47 Å². The van der Waals surface area contributed by atoms with Gasteiger partial charge in [-0.15, -0.1) is 11.6 Å². The van der Waals surface area contributed by atoms with Crippen molar-refractivity contribution in [3.05, 3.63) is 0 Å². The molecule has 1 rings (SSSR count). The molecule has 2 atom stereocenters. The topological polar surface area (TPSA) is 21.7 Å². The number of hydrogen-bond acceptors (Lipinski definition) is 3. The third-order valence-corrected chi connectivity index (χ3v) is 3.21. The van der Waals surface area contributed by atoms with Gasteiger partial charge in [-0.05, 0) is 39.3 Å². The molecular weight excluding hydrogens is 226 g/mol. The van der Waals surface area contributed by atoms with Crippen LogP contribution in [0.15, 0.2) is 0 Å². The van der Waals surface area contributed by atoms with Crippen LogP contribution in [0, 0.1) is 0 Å². The van der Waals surface area contributed by atoms with Gasteiger partial charge in [-0.25, -0.2) is 0 Å². The first-order chi connectivity index (χ1) is 7.72. The normalized spacial score (nSPS) is 22.9. The number of halogens is 1. The zero-order chi connectivity index (χ0) is 11.8. The molecule has 1 fully saturated rings. The molecule has 0 aromatic carbocycles. The molecule has 0 spiro atoms. The number of nitrogens with zero attached hydrogens (tertiary/aromatic N) is 1. The number of rotatable bonds is 8. The van der Waals surface area contributed by atoms with E-state index in [0.29, 0.717) is 12.7 Å². The molecule has 2 unspecified atom stereocenters. The Bertz CT molecular complexity index is 174. The van der Waals surface area contributed by atoms with Gasteiger partial charge < -0.3 is 14.4 Å². The monoisotopic (exact) mass is 249 g/mol. The summed E-state index contributed by atoms with van der Waals surface area (Å²) in [5.41, 5.74) is 0. The van der Waals surface area contributed by atoms with Crippen LogP contribution in [0.2, 0.25) is 0 Å². The van der Waals surface area contributed by atoms with Gasteiger partial charge >= 0.3 is 0 Å². The van der Waals surface area contributed by atoms with Crippen molar-refractivity contribution in [3.8, 4) is 0 Å². The van der Waals surface area contributed by atoms with Crippen LogP contribution in [-0.4, -0.2) is 56.8 Å². The van der Waals surface area contributed by atoms with Crippen LogP contribution >= 0.6 is 11.6 Å². The summed E-state index contributed by atoms with van der Waals surface area (Å²) in [4.78, 5) is 2.27. The first-order valence-corrected chi connectivity index (χ1v) is 6.59. The minimum absolute atomic E-state index is 0.0951. The van der Waals surface area contributed by atoms with Gasteiger partial charge in [0.1, 0.15) is 0 Å². The molecule has 0 saturated carbocycles. The molecule has 4 heteroatoms. The van der Waals surface area contributed by atoms with E-state index in [9.17, 15) is 0 Å². The van der Waals surface area contributed by atoms with Crippen molar-refractivity contribution >= 4 is 11.6 Å². The summed E-state index contributed by atoms with van der Waals surface area (Å²) >= 11 is 6.09. The lowest BCUT2D eigenvalue weighted by Crippen LogP contribution is -2.29. The Morgan fingerprint density at radius 3 is 3.00 bits per heavy atom. The summed E-state index contributed by atoms with van der Waals surface area (Å²) in [6, 6.07) is 0. The molecule has 16 heavy (non-hydrogen) atoms. The van der Waals surface area contributed by atoms with Gasteiger partial charge in [0.25, 0.3) is 0 Å². The van der Waals surface area contributed by atoms with Crippen LogP contribution in [0.5, 0.6) is 0 Å². The SMILES string of the molecule is COCC(Cl)CN(C)CCCC1CCCO1. The standard InChI is InChI=1S/C12H24ClNO2/c1-14(9-11(13)10-15-2)7-3-5-12-6-4-8-16-12/h11-12H,3-10H2,1-2H3. The Kier molecular flexibility index (Phi) is 7.37. The van der Waals surface area contributed by atoms with Crippen molar-refractivity contribution < 1.29 is 9.47 Å². The van der Waals surface area contributed by atoms with Crippen LogP contribution in [0.4, 0.5) is 0 Å². The Morgan fingerprint density at radius 1 is 1.56 bits per heavy atom. The average molecular weight is 250 g/mol. The van der Waals surface area contributed by atoms with E-state index in [1.165, 1.54) is 25.7 Å². The molecule has 0 bridgehead atoms. The van der Waals surface area contributed by atoms with Gasteiger partial charge in [-0.3, -0.25) is 0 Å². The van der Waals surface area contributed by atoms with Gasteiger partial charge in [0.05, 0.1) is 18.1 Å². The highest BCUT2D eigenvalue weighted by atomic mass is 35.5. The van der Waals surface area contributed by atoms with Crippen molar-refractivity contribution in [1.82, 2.24) is 4.90 Å². The lowest BCUT2D eigenvalue weighted by molar-refractivity contribution is 0.0993. The predicted octanol–water partition coefficient (Wildman–Crippen LogP) is 2.13. The molecule has 1 aliphatic heterocycles. The highest BCUT2D eigenvalue weighted by molar-refractivity contribution is 6.20. The van der Waals surface area contributed by atoms with Crippen molar-refractivity contribution in [2.75, 3.05) is 40.5 Å². The number of ether oxygens (including phenoxy) is 2.